The fourth-order valence-corrected chi connectivity index (χ4v) is 2.32. The molecule has 0 aromatic heterocycles. The Balaban J connectivity index is 2.72. The highest BCUT2D eigenvalue weighted by Gasteiger charge is 2.13. The van der Waals surface area contributed by atoms with Crippen LogP contribution in [-0.2, 0) is 0 Å². The van der Waals surface area contributed by atoms with Crippen LogP contribution in [0.3, 0.4) is 0 Å². The molecule has 1 unspecified atom stereocenters. The third-order valence-corrected chi connectivity index (χ3v) is 3.46. The van der Waals surface area contributed by atoms with Crippen LogP contribution in [0.4, 0.5) is 0 Å². The van der Waals surface area contributed by atoms with Gasteiger partial charge in [0.1, 0.15) is 5.75 Å². The number of halogens is 1. The van der Waals surface area contributed by atoms with Crippen molar-refractivity contribution in [2.45, 2.75) is 19.4 Å². The molecule has 1 aromatic carbocycles. The lowest BCUT2D eigenvalue weighted by molar-refractivity contribution is 0.170. The largest absolute Gasteiger partial charge is 0.496 e. The number of hydrogen-bond donors (Lipinski definition) is 1. The Bertz CT molecular complexity index is 331. The van der Waals surface area contributed by atoms with Crippen LogP contribution in [0.1, 0.15) is 25.0 Å². The van der Waals surface area contributed by atoms with Crippen molar-refractivity contribution in [2.75, 3.05) is 18.6 Å². The molecule has 0 saturated carbocycles. The molecule has 0 amide bonds. The number of benzene rings is 1. The van der Waals surface area contributed by atoms with Crippen LogP contribution in [0.15, 0.2) is 18.2 Å². The lowest BCUT2D eigenvalue weighted by Crippen LogP contribution is -2.02. The fraction of sp³-hybridized carbons (Fsp3) is 0.500. The van der Waals surface area contributed by atoms with Gasteiger partial charge in [-0.05, 0) is 36.1 Å². The summed E-state index contributed by atoms with van der Waals surface area (Å²) in [6, 6.07) is 5.31. The van der Waals surface area contributed by atoms with Crippen LogP contribution in [0.5, 0.6) is 5.75 Å². The van der Waals surface area contributed by atoms with Gasteiger partial charge in [-0.3, -0.25) is 0 Å². The van der Waals surface area contributed by atoms with Crippen LogP contribution in [0.2, 0.25) is 5.02 Å². The van der Waals surface area contributed by atoms with Crippen molar-refractivity contribution in [3.05, 3.63) is 28.8 Å². The van der Waals surface area contributed by atoms with E-state index in [1.807, 2.05) is 11.8 Å². The van der Waals surface area contributed by atoms with Crippen molar-refractivity contribution in [2.24, 2.45) is 0 Å². The predicted molar refractivity (Wildman–Crippen MR) is 70.6 cm³/mol. The van der Waals surface area contributed by atoms with E-state index in [-0.39, 0.29) is 0 Å². The Morgan fingerprint density at radius 1 is 1.50 bits per heavy atom. The number of thioether (sulfide) groups is 1. The average Bonchev–Trinajstić information content (AvgIpc) is 2.29. The molecular weight excluding hydrogens is 244 g/mol. The molecule has 90 valence electrons. The molecule has 4 heteroatoms. The summed E-state index contributed by atoms with van der Waals surface area (Å²) in [6.07, 6.45) is 0.211. The van der Waals surface area contributed by atoms with Crippen LogP contribution in [-0.4, -0.2) is 23.7 Å². The van der Waals surface area contributed by atoms with E-state index in [1.54, 1.807) is 25.3 Å². The number of rotatable bonds is 6. The lowest BCUT2D eigenvalue weighted by atomic mass is 10.1. The minimum Gasteiger partial charge on any atom is -0.496 e. The Labute approximate surface area is 106 Å². The molecule has 0 heterocycles. The van der Waals surface area contributed by atoms with Crippen molar-refractivity contribution >= 4 is 23.4 Å². The quantitative estimate of drug-likeness (QED) is 0.794. The van der Waals surface area contributed by atoms with Gasteiger partial charge in [0, 0.05) is 10.6 Å². The van der Waals surface area contributed by atoms with Gasteiger partial charge in [-0.1, -0.05) is 18.5 Å². The molecule has 1 aromatic rings. The Kier molecular flexibility index (Phi) is 6.03. The summed E-state index contributed by atoms with van der Waals surface area (Å²) in [6.45, 7) is 2.11. The van der Waals surface area contributed by atoms with Crippen molar-refractivity contribution < 1.29 is 9.84 Å². The summed E-state index contributed by atoms with van der Waals surface area (Å²) in [5.74, 6) is 2.70. The molecule has 1 rings (SSSR count). The second kappa shape index (κ2) is 7.05. The van der Waals surface area contributed by atoms with Crippen LogP contribution in [0.25, 0.3) is 0 Å². The lowest BCUT2D eigenvalue weighted by Gasteiger charge is -2.14. The molecule has 0 fully saturated rings. The molecule has 0 aliphatic rings. The molecule has 0 spiro atoms. The molecule has 1 N–H and O–H groups in total. The average molecular weight is 261 g/mol. The second-order valence-corrected chi connectivity index (χ2v) is 5.22. The van der Waals surface area contributed by atoms with Crippen LogP contribution < -0.4 is 4.74 Å². The topological polar surface area (TPSA) is 29.5 Å². The van der Waals surface area contributed by atoms with Gasteiger partial charge in [0.05, 0.1) is 13.2 Å². The Morgan fingerprint density at radius 3 is 2.88 bits per heavy atom. The number of hydrogen-bond acceptors (Lipinski definition) is 3. The van der Waals surface area contributed by atoms with E-state index in [9.17, 15) is 5.11 Å². The smallest absolute Gasteiger partial charge is 0.124 e. The summed E-state index contributed by atoms with van der Waals surface area (Å²) in [7, 11) is 1.60. The van der Waals surface area contributed by atoms with Gasteiger partial charge in [0.15, 0.2) is 0 Å². The Morgan fingerprint density at radius 2 is 2.25 bits per heavy atom. The summed E-state index contributed by atoms with van der Waals surface area (Å²) in [4.78, 5) is 0. The van der Waals surface area contributed by atoms with E-state index in [0.29, 0.717) is 10.8 Å². The molecule has 0 aliphatic carbocycles. The van der Waals surface area contributed by atoms with Gasteiger partial charge in [0.25, 0.3) is 0 Å². The van der Waals surface area contributed by atoms with E-state index in [1.165, 1.54) is 0 Å². The standard InChI is InChI=1S/C12H17ClO2S/c1-3-16-7-6-11(14)10-8-9(13)4-5-12(10)15-2/h4-5,8,11,14H,3,6-7H2,1-2H3. The molecule has 0 aliphatic heterocycles. The highest BCUT2D eigenvalue weighted by molar-refractivity contribution is 7.99. The van der Waals surface area contributed by atoms with Crippen molar-refractivity contribution in [3.63, 3.8) is 0 Å². The highest BCUT2D eigenvalue weighted by atomic mass is 35.5. The highest BCUT2D eigenvalue weighted by Crippen LogP contribution is 2.30. The number of ether oxygens (including phenoxy) is 1. The van der Waals surface area contributed by atoms with Crippen LogP contribution >= 0.6 is 23.4 Å². The maximum atomic E-state index is 10.0. The van der Waals surface area contributed by atoms with Crippen molar-refractivity contribution in [1.29, 1.82) is 0 Å². The number of aliphatic hydroxyl groups excluding tert-OH is 1. The fourth-order valence-electron chi connectivity index (χ4n) is 1.46. The first-order valence-corrected chi connectivity index (χ1v) is 6.81. The first-order chi connectivity index (χ1) is 7.69. The molecule has 0 radical (unpaired) electrons. The van der Waals surface area contributed by atoms with Gasteiger partial charge in [-0.25, -0.2) is 0 Å². The van der Waals surface area contributed by atoms with Gasteiger partial charge in [-0.2, -0.15) is 11.8 Å². The SMILES string of the molecule is CCSCCC(O)c1cc(Cl)ccc1OC. The molecular formula is C12H17ClO2S. The zero-order chi connectivity index (χ0) is 12.0. The number of methoxy groups -OCH3 is 1. The second-order valence-electron chi connectivity index (χ2n) is 3.39. The van der Waals surface area contributed by atoms with Crippen LogP contribution in [0, 0.1) is 0 Å². The van der Waals surface area contributed by atoms with E-state index in [4.69, 9.17) is 16.3 Å². The summed E-state index contributed by atoms with van der Waals surface area (Å²) >= 11 is 7.72. The molecule has 0 saturated heterocycles. The molecule has 16 heavy (non-hydrogen) atoms. The van der Waals surface area contributed by atoms with E-state index >= 15 is 0 Å². The van der Waals surface area contributed by atoms with E-state index in [0.717, 1.165) is 23.5 Å². The third kappa shape index (κ3) is 3.89. The minimum atomic E-state index is -0.507. The van der Waals surface area contributed by atoms with Gasteiger partial charge in [0.2, 0.25) is 0 Å². The first-order valence-electron chi connectivity index (χ1n) is 5.28. The summed E-state index contributed by atoms with van der Waals surface area (Å²) < 4.78 is 5.20. The van der Waals surface area contributed by atoms with E-state index < -0.39 is 6.10 Å². The molecule has 0 bridgehead atoms. The van der Waals surface area contributed by atoms with Gasteiger partial charge < -0.3 is 9.84 Å². The van der Waals surface area contributed by atoms with Gasteiger partial charge >= 0.3 is 0 Å². The Hall–Kier alpha value is -0.380. The van der Waals surface area contributed by atoms with Crippen molar-refractivity contribution in [3.8, 4) is 5.75 Å². The zero-order valence-corrected chi connectivity index (χ0v) is 11.1. The predicted octanol–water partition coefficient (Wildman–Crippen LogP) is 3.53. The summed E-state index contributed by atoms with van der Waals surface area (Å²) in [5.41, 5.74) is 0.770. The summed E-state index contributed by atoms with van der Waals surface area (Å²) in [5, 5.41) is 10.7. The van der Waals surface area contributed by atoms with E-state index in [2.05, 4.69) is 6.92 Å². The molecule has 2 nitrogen and oxygen atoms in total. The zero-order valence-electron chi connectivity index (χ0n) is 9.57. The minimum absolute atomic E-state index is 0.507. The maximum absolute atomic E-state index is 10.0. The normalized spacial score (nSPS) is 12.5. The monoisotopic (exact) mass is 260 g/mol. The molecule has 1 atom stereocenters. The third-order valence-electron chi connectivity index (χ3n) is 2.29. The van der Waals surface area contributed by atoms with Gasteiger partial charge in [-0.15, -0.1) is 0 Å². The van der Waals surface area contributed by atoms with Crippen molar-refractivity contribution in [1.82, 2.24) is 0 Å². The number of aliphatic hydroxyl groups is 1. The maximum Gasteiger partial charge on any atom is 0.124 e. The first kappa shape index (κ1) is 13.7.